The summed E-state index contributed by atoms with van der Waals surface area (Å²) in [5, 5.41) is 14.4. The molecule has 3 aromatic rings. The zero-order chi connectivity index (χ0) is 15.0. The molecule has 0 radical (unpaired) electrons. The maximum Gasteiger partial charge on any atom is 0.256 e. The molecule has 0 aromatic carbocycles. The molecule has 0 aliphatic carbocycles. The molecular formula is C13H14N6O2. The van der Waals surface area contributed by atoms with E-state index in [9.17, 15) is 4.79 Å². The Morgan fingerprint density at radius 1 is 1.33 bits per heavy atom. The van der Waals surface area contributed by atoms with Gasteiger partial charge in [-0.1, -0.05) is 5.16 Å². The highest BCUT2D eigenvalue weighted by Gasteiger charge is 2.15. The zero-order valence-electron chi connectivity index (χ0n) is 11.9. The van der Waals surface area contributed by atoms with Crippen LogP contribution in [0, 0.1) is 20.8 Å². The number of carbonyl (C=O) groups is 1. The Kier molecular flexibility index (Phi) is 3.13. The van der Waals surface area contributed by atoms with E-state index >= 15 is 0 Å². The van der Waals surface area contributed by atoms with Crippen LogP contribution in [0.25, 0.3) is 5.78 Å². The second-order valence-electron chi connectivity index (χ2n) is 4.79. The van der Waals surface area contributed by atoms with Crippen LogP contribution in [0.5, 0.6) is 0 Å². The summed E-state index contributed by atoms with van der Waals surface area (Å²) < 4.78 is 6.66. The fourth-order valence-corrected chi connectivity index (χ4v) is 2.04. The molecule has 3 rings (SSSR count). The van der Waals surface area contributed by atoms with Gasteiger partial charge in [0.1, 0.15) is 5.76 Å². The Balaban J connectivity index is 1.80. The molecule has 0 bridgehead atoms. The van der Waals surface area contributed by atoms with Crippen molar-refractivity contribution in [3.8, 4) is 0 Å². The summed E-state index contributed by atoms with van der Waals surface area (Å²) in [6, 6.07) is 1.82. The summed E-state index contributed by atoms with van der Waals surface area (Å²) in [5.41, 5.74) is 2.34. The first kappa shape index (κ1) is 13.2. The third kappa shape index (κ3) is 2.47. The highest BCUT2D eigenvalue weighted by Crippen LogP contribution is 2.14. The second kappa shape index (κ2) is 4.97. The van der Waals surface area contributed by atoms with Crippen LogP contribution in [-0.2, 0) is 11.2 Å². The summed E-state index contributed by atoms with van der Waals surface area (Å²) in [7, 11) is 0. The predicted octanol–water partition coefficient (Wildman–Crippen LogP) is 1.22. The van der Waals surface area contributed by atoms with Gasteiger partial charge >= 0.3 is 0 Å². The van der Waals surface area contributed by atoms with Crippen molar-refractivity contribution in [3.63, 3.8) is 0 Å². The lowest BCUT2D eigenvalue weighted by Gasteiger charge is -2.03. The highest BCUT2D eigenvalue weighted by molar-refractivity contribution is 5.91. The molecule has 0 saturated heterocycles. The van der Waals surface area contributed by atoms with E-state index in [1.807, 2.05) is 13.0 Å². The number of carbonyl (C=O) groups excluding carboxylic acids is 1. The van der Waals surface area contributed by atoms with E-state index in [2.05, 4.69) is 25.7 Å². The van der Waals surface area contributed by atoms with Gasteiger partial charge in [0.05, 0.1) is 12.1 Å². The quantitative estimate of drug-likeness (QED) is 0.777. The van der Waals surface area contributed by atoms with Crippen molar-refractivity contribution in [2.75, 3.05) is 5.32 Å². The SMILES string of the molecule is Cc1ccn2c(NC(=O)Cc3c(C)noc3C)nnc2n1. The first-order valence-corrected chi connectivity index (χ1v) is 6.44. The fourth-order valence-electron chi connectivity index (χ4n) is 2.04. The van der Waals surface area contributed by atoms with Crippen LogP contribution >= 0.6 is 0 Å². The molecule has 1 N–H and O–H groups in total. The number of fused-ring (bicyclic) bond motifs is 1. The number of amides is 1. The van der Waals surface area contributed by atoms with Crippen LogP contribution in [0.4, 0.5) is 5.95 Å². The minimum atomic E-state index is -0.209. The van der Waals surface area contributed by atoms with Gasteiger partial charge in [0.2, 0.25) is 11.9 Å². The number of nitrogens with one attached hydrogen (secondary N) is 1. The van der Waals surface area contributed by atoms with Crippen molar-refractivity contribution in [2.24, 2.45) is 0 Å². The molecule has 21 heavy (non-hydrogen) atoms. The van der Waals surface area contributed by atoms with E-state index in [1.165, 1.54) is 0 Å². The van der Waals surface area contributed by atoms with E-state index in [-0.39, 0.29) is 12.3 Å². The van der Waals surface area contributed by atoms with E-state index in [0.717, 1.165) is 11.3 Å². The molecule has 8 heteroatoms. The molecular weight excluding hydrogens is 272 g/mol. The van der Waals surface area contributed by atoms with Crippen molar-refractivity contribution >= 4 is 17.6 Å². The van der Waals surface area contributed by atoms with Gasteiger partial charge in [-0.15, -0.1) is 10.2 Å². The third-order valence-corrected chi connectivity index (χ3v) is 3.19. The largest absolute Gasteiger partial charge is 0.361 e. The Hall–Kier alpha value is -2.77. The van der Waals surface area contributed by atoms with Crippen LogP contribution in [0.3, 0.4) is 0 Å². The number of aromatic nitrogens is 5. The second-order valence-corrected chi connectivity index (χ2v) is 4.79. The molecule has 0 fully saturated rings. The van der Waals surface area contributed by atoms with Gasteiger partial charge in [0, 0.05) is 17.5 Å². The molecule has 8 nitrogen and oxygen atoms in total. The average Bonchev–Trinajstić information content (AvgIpc) is 2.97. The summed E-state index contributed by atoms with van der Waals surface area (Å²) in [5.74, 6) is 1.22. The van der Waals surface area contributed by atoms with Crippen molar-refractivity contribution in [3.05, 3.63) is 35.0 Å². The number of nitrogens with zero attached hydrogens (tertiary/aromatic N) is 5. The number of hydrogen-bond acceptors (Lipinski definition) is 6. The predicted molar refractivity (Wildman–Crippen MR) is 73.8 cm³/mol. The maximum absolute atomic E-state index is 12.1. The highest BCUT2D eigenvalue weighted by atomic mass is 16.5. The van der Waals surface area contributed by atoms with E-state index in [4.69, 9.17) is 4.52 Å². The molecule has 0 unspecified atom stereocenters. The first-order valence-electron chi connectivity index (χ1n) is 6.44. The lowest BCUT2D eigenvalue weighted by Crippen LogP contribution is -2.17. The van der Waals surface area contributed by atoms with Crippen molar-refractivity contribution in [2.45, 2.75) is 27.2 Å². The van der Waals surface area contributed by atoms with Crippen molar-refractivity contribution < 1.29 is 9.32 Å². The molecule has 1 amide bonds. The Morgan fingerprint density at radius 2 is 2.14 bits per heavy atom. The van der Waals surface area contributed by atoms with E-state index in [1.54, 1.807) is 24.4 Å². The normalized spacial score (nSPS) is 11.0. The lowest BCUT2D eigenvalue weighted by molar-refractivity contribution is -0.115. The zero-order valence-corrected chi connectivity index (χ0v) is 11.9. The van der Waals surface area contributed by atoms with Gasteiger partial charge in [0.25, 0.3) is 5.78 Å². The molecule has 108 valence electrons. The summed E-state index contributed by atoms with van der Waals surface area (Å²) >= 11 is 0. The minimum Gasteiger partial charge on any atom is -0.361 e. The summed E-state index contributed by atoms with van der Waals surface area (Å²) in [6.45, 7) is 5.45. The van der Waals surface area contributed by atoms with E-state index < -0.39 is 0 Å². The lowest BCUT2D eigenvalue weighted by atomic mass is 10.1. The van der Waals surface area contributed by atoms with Gasteiger partial charge in [-0.2, -0.15) is 0 Å². The van der Waals surface area contributed by atoms with Gasteiger partial charge in [-0.25, -0.2) is 4.98 Å². The number of anilines is 1. The Labute approximate surface area is 120 Å². The van der Waals surface area contributed by atoms with Crippen LogP contribution in [0.2, 0.25) is 0 Å². The smallest absolute Gasteiger partial charge is 0.256 e. The maximum atomic E-state index is 12.1. The Morgan fingerprint density at radius 3 is 2.86 bits per heavy atom. The molecule has 0 aliphatic rings. The monoisotopic (exact) mass is 286 g/mol. The number of rotatable bonds is 3. The van der Waals surface area contributed by atoms with Gasteiger partial charge in [-0.05, 0) is 26.8 Å². The van der Waals surface area contributed by atoms with Gasteiger partial charge in [0.15, 0.2) is 0 Å². The first-order chi connectivity index (χ1) is 10.0. The molecule has 0 atom stereocenters. The van der Waals surface area contributed by atoms with Gasteiger partial charge < -0.3 is 4.52 Å². The standard InChI is InChI=1S/C13H14N6O2/c1-7-4-5-19-12(14-7)16-17-13(19)15-11(20)6-10-8(2)18-21-9(10)3/h4-5H,6H2,1-3H3,(H,15,17,20). The van der Waals surface area contributed by atoms with Crippen LogP contribution in [0.1, 0.15) is 22.7 Å². The van der Waals surface area contributed by atoms with Gasteiger partial charge in [-0.3, -0.25) is 14.5 Å². The average molecular weight is 286 g/mol. The third-order valence-electron chi connectivity index (χ3n) is 3.19. The van der Waals surface area contributed by atoms with Crippen LogP contribution in [-0.4, -0.2) is 30.6 Å². The number of aryl methyl sites for hydroxylation is 3. The topological polar surface area (TPSA) is 98.2 Å². The molecule has 3 heterocycles. The fraction of sp³-hybridized carbons (Fsp3) is 0.308. The summed E-state index contributed by atoms with van der Waals surface area (Å²) in [6.07, 6.45) is 1.94. The minimum absolute atomic E-state index is 0.176. The Bertz CT molecular complexity index is 800. The molecule has 3 aromatic heterocycles. The molecule has 0 saturated carbocycles. The van der Waals surface area contributed by atoms with E-state index in [0.29, 0.717) is 23.2 Å². The van der Waals surface area contributed by atoms with Crippen molar-refractivity contribution in [1.29, 1.82) is 0 Å². The van der Waals surface area contributed by atoms with Crippen LogP contribution in [0.15, 0.2) is 16.8 Å². The molecule has 0 spiro atoms. The molecule has 0 aliphatic heterocycles. The number of hydrogen-bond donors (Lipinski definition) is 1. The van der Waals surface area contributed by atoms with Crippen LogP contribution < -0.4 is 5.32 Å². The van der Waals surface area contributed by atoms with Crippen molar-refractivity contribution in [1.82, 2.24) is 24.7 Å². The summed E-state index contributed by atoms with van der Waals surface area (Å²) in [4.78, 5) is 16.3.